The molecule has 7 heteroatoms. The fourth-order valence-electron chi connectivity index (χ4n) is 2.10. The molecule has 1 aliphatic heterocycles. The maximum absolute atomic E-state index is 11.8. The zero-order valence-corrected chi connectivity index (χ0v) is 14.0. The Bertz CT molecular complexity index is 846. The minimum Gasteiger partial charge on any atom is -0.484 e. The average Bonchev–Trinajstić information content (AvgIpc) is 2.92. The van der Waals surface area contributed by atoms with Crippen LogP contribution in [-0.2, 0) is 9.59 Å². The van der Waals surface area contributed by atoms with E-state index in [-0.39, 0.29) is 23.6 Å². The van der Waals surface area contributed by atoms with Gasteiger partial charge in [0.05, 0.1) is 4.91 Å². The van der Waals surface area contributed by atoms with Crippen molar-refractivity contribution in [3.05, 3.63) is 65.1 Å². The lowest BCUT2D eigenvalue weighted by Crippen LogP contribution is -2.20. The van der Waals surface area contributed by atoms with Crippen LogP contribution in [0.15, 0.2) is 64.5 Å². The zero-order valence-electron chi connectivity index (χ0n) is 13.1. The third kappa shape index (κ3) is 4.71. The normalized spacial score (nSPS) is 15.1. The summed E-state index contributed by atoms with van der Waals surface area (Å²) in [4.78, 5) is 27.5. The van der Waals surface area contributed by atoms with Gasteiger partial charge in [0.25, 0.3) is 11.8 Å². The summed E-state index contributed by atoms with van der Waals surface area (Å²) in [6.45, 7) is -0.0892. The maximum Gasteiger partial charge on any atom is 0.286 e. The SMILES string of the molecule is NC1=NC(=O)/C(=C/c2ccc(OCC(=O)Nc3ccccc3)cc2)S1. The number of ether oxygens (including phenoxy) is 1. The number of amidine groups is 1. The fourth-order valence-corrected chi connectivity index (χ4v) is 2.79. The number of nitrogens with zero attached hydrogens (tertiary/aromatic N) is 1. The third-order valence-electron chi connectivity index (χ3n) is 3.24. The summed E-state index contributed by atoms with van der Waals surface area (Å²) in [5, 5.41) is 2.99. The van der Waals surface area contributed by atoms with Gasteiger partial charge in [-0.25, -0.2) is 0 Å². The molecule has 0 aromatic heterocycles. The first-order chi connectivity index (χ1) is 12.1. The molecule has 6 nitrogen and oxygen atoms in total. The van der Waals surface area contributed by atoms with Gasteiger partial charge >= 0.3 is 0 Å². The molecule has 3 rings (SSSR count). The number of benzene rings is 2. The molecule has 0 spiro atoms. The van der Waals surface area contributed by atoms with Crippen molar-refractivity contribution < 1.29 is 14.3 Å². The monoisotopic (exact) mass is 353 g/mol. The number of aliphatic imine (C=N–C) groups is 1. The number of hydrogen-bond donors (Lipinski definition) is 2. The molecular weight excluding hydrogens is 338 g/mol. The Kier molecular flexibility index (Phi) is 5.15. The largest absolute Gasteiger partial charge is 0.484 e. The van der Waals surface area contributed by atoms with Gasteiger partial charge in [-0.05, 0) is 47.7 Å². The number of amides is 2. The lowest BCUT2D eigenvalue weighted by atomic mass is 10.2. The van der Waals surface area contributed by atoms with Crippen molar-refractivity contribution >= 4 is 40.5 Å². The van der Waals surface area contributed by atoms with Crippen LogP contribution >= 0.6 is 11.8 Å². The Balaban J connectivity index is 1.54. The molecule has 25 heavy (non-hydrogen) atoms. The van der Waals surface area contributed by atoms with Crippen LogP contribution < -0.4 is 15.8 Å². The Morgan fingerprint density at radius 1 is 1.16 bits per heavy atom. The lowest BCUT2D eigenvalue weighted by Gasteiger charge is -2.07. The fraction of sp³-hybridized carbons (Fsp3) is 0.0556. The number of carbonyl (C=O) groups is 2. The van der Waals surface area contributed by atoms with Gasteiger partial charge in [0.15, 0.2) is 11.8 Å². The quantitative estimate of drug-likeness (QED) is 0.806. The molecular formula is C18H15N3O3S. The molecule has 126 valence electrons. The van der Waals surface area contributed by atoms with E-state index in [4.69, 9.17) is 10.5 Å². The Morgan fingerprint density at radius 2 is 1.88 bits per heavy atom. The van der Waals surface area contributed by atoms with E-state index in [9.17, 15) is 9.59 Å². The van der Waals surface area contributed by atoms with Gasteiger partial charge in [0.1, 0.15) is 5.75 Å². The van der Waals surface area contributed by atoms with E-state index in [1.54, 1.807) is 42.5 Å². The predicted octanol–water partition coefficient (Wildman–Crippen LogP) is 2.63. The van der Waals surface area contributed by atoms with Gasteiger partial charge in [-0.1, -0.05) is 30.3 Å². The molecule has 0 atom stereocenters. The molecule has 0 unspecified atom stereocenters. The zero-order chi connectivity index (χ0) is 17.6. The van der Waals surface area contributed by atoms with Crippen molar-refractivity contribution in [2.45, 2.75) is 0 Å². The van der Waals surface area contributed by atoms with Crippen molar-refractivity contribution in [2.24, 2.45) is 10.7 Å². The number of hydrogen-bond acceptors (Lipinski definition) is 5. The minimum atomic E-state index is -0.333. The topological polar surface area (TPSA) is 93.8 Å². The lowest BCUT2D eigenvalue weighted by molar-refractivity contribution is -0.118. The van der Waals surface area contributed by atoms with E-state index in [0.29, 0.717) is 10.7 Å². The van der Waals surface area contributed by atoms with Crippen LogP contribution in [0.5, 0.6) is 5.75 Å². The number of rotatable bonds is 5. The highest BCUT2D eigenvalue weighted by molar-refractivity contribution is 8.18. The van der Waals surface area contributed by atoms with E-state index < -0.39 is 0 Å². The first-order valence-corrected chi connectivity index (χ1v) is 8.27. The van der Waals surface area contributed by atoms with Gasteiger partial charge in [-0.3, -0.25) is 9.59 Å². The molecule has 3 N–H and O–H groups in total. The van der Waals surface area contributed by atoms with Crippen molar-refractivity contribution in [3.8, 4) is 5.75 Å². The molecule has 2 aromatic carbocycles. The summed E-state index contributed by atoms with van der Waals surface area (Å²) in [5.41, 5.74) is 7.05. The number of nitrogens with one attached hydrogen (secondary N) is 1. The standard InChI is InChI=1S/C18H15N3O3S/c19-18-21-17(23)15(25-18)10-12-6-8-14(9-7-12)24-11-16(22)20-13-4-2-1-3-5-13/h1-10H,11H2,(H,20,22)(H2,19,21,23)/b15-10-. The van der Waals surface area contributed by atoms with Crippen molar-refractivity contribution in [2.75, 3.05) is 11.9 Å². The van der Waals surface area contributed by atoms with E-state index >= 15 is 0 Å². The van der Waals surface area contributed by atoms with Gasteiger partial charge in [-0.15, -0.1) is 0 Å². The second kappa shape index (κ2) is 7.67. The molecule has 1 heterocycles. The molecule has 0 saturated heterocycles. The summed E-state index contributed by atoms with van der Waals surface area (Å²) >= 11 is 1.14. The molecule has 0 aliphatic carbocycles. The highest BCUT2D eigenvalue weighted by Gasteiger charge is 2.19. The number of nitrogens with two attached hydrogens (primary N) is 1. The van der Waals surface area contributed by atoms with Crippen LogP contribution in [-0.4, -0.2) is 23.6 Å². The van der Waals surface area contributed by atoms with Gasteiger partial charge in [0.2, 0.25) is 0 Å². The number of carbonyl (C=O) groups excluding carboxylic acids is 2. The highest BCUT2D eigenvalue weighted by Crippen LogP contribution is 2.26. The second-order valence-electron chi connectivity index (χ2n) is 5.14. The van der Waals surface area contributed by atoms with E-state index in [2.05, 4.69) is 10.3 Å². The Hall–Kier alpha value is -3.06. The average molecular weight is 353 g/mol. The summed E-state index contributed by atoms with van der Waals surface area (Å²) in [6, 6.07) is 16.2. The first kappa shape index (κ1) is 16.8. The smallest absolute Gasteiger partial charge is 0.286 e. The number of thioether (sulfide) groups is 1. The maximum atomic E-state index is 11.8. The van der Waals surface area contributed by atoms with Crippen LogP contribution in [0.4, 0.5) is 5.69 Å². The van der Waals surface area contributed by atoms with Crippen molar-refractivity contribution in [3.63, 3.8) is 0 Å². The molecule has 2 aromatic rings. The van der Waals surface area contributed by atoms with Gasteiger partial charge < -0.3 is 15.8 Å². The summed E-state index contributed by atoms with van der Waals surface area (Å²) in [6.07, 6.45) is 1.71. The van der Waals surface area contributed by atoms with Crippen LogP contribution in [0.1, 0.15) is 5.56 Å². The molecule has 1 aliphatic rings. The second-order valence-corrected chi connectivity index (χ2v) is 6.20. The summed E-state index contributed by atoms with van der Waals surface area (Å²) in [7, 11) is 0. The van der Waals surface area contributed by atoms with Gasteiger partial charge in [-0.2, -0.15) is 4.99 Å². The Labute approximate surface area is 148 Å². The van der Waals surface area contributed by atoms with E-state index in [0.717, 1.165) is 23.0 Å². The van der Waals surface area contributed by atoms with Crippen molar-refractivity contribution in [1.82, 2.24) is 0 Å². The van der Waals surface area contributed by atoms with Gasteiger partial charge in [0, 0.05) is 5.69 Å². The first-order valence-electron chi connectivity index (χ1n) is 7.46. The molecule has 0 saturated carbocycles. The highest BCUT2D eigenvalue weighted by atomic mass is 32.2. The minimum absolute atomic E-state index is 0.0892. The molecule has 2 amide bonds. The molecule has 0 bridgehead atoms. The Morgan fingerprint density at radius 3 is 2.52 bits per heavy atom. The van der Waals surface area contributed by atoms with Crippen LogP contribution in [0.2, 0.25) is 0 Å². The molecule has 0 radical (unpaired) electrons. The van der Waals surface area contributed by atoms with E-state index in [1.165, 1.54) is 0 Å². The van der Waals surface area contributed by atoms with Crippen LogP contribution in [0.3, 0.4) is 0 Å². The predicted molar refractivity (Wildman–Crippen MR) is 99.2 cm³/mol. The molecule has 0 fully saturated rings. The van der Waals surface area contributed by atoms with Crippen LogP contribution in [0, 0.1) is 0 Å². The number of anilines is 1. The number of para-hydroxylation sites is 1. The van der Waals surface area contributed by atoms with Crippen molar-refractivity contribution in [1.29, 1.82) is 0 Å². The summed E-state index contributed by atoms with van der Waals surface area (Å²) in [5.74, 6) is -0.00934. The summed E-state index contributed by atoms with van der Waals surface area (Å²) < 4.78 is 5.46. The van der Waals surface area contributed by atoms with Crippen LogP contribution in [0.25, 0.3) is 6.08 Å². The third-order valence-corrected chi connectivity index (χ3v) is 4.06. The van der Waals surface area contributed by atoms with E-state index in [1.807, 2.05) is 18.2 Å².